The van der Waals surface area contributed by atoms with Crippen molar-refractivity contribution in [2.24, 2.45) is 0 Å². The molecule has 2 aromatic rings. The molecule has 0 aromatic heterocycles. The SMILES string of the molecule is CCc1ccc(N(C)S(=O)(=O)c2ccccc2CCl)cc1. The average molecular weight is 324 g/mol. The maximum atomic E-state index is 12.7. The molecule has 0 aliphatic carbocycles. The van der Waals surface area contributed by atoms with E-state index in [0.717, 1.165) is 6.42 Å². The molecule has 2 aromatic carbocycles. The first-order valence-electron chi connectivity index (χ1n) is 6.72. The van der Waals surface area contributed by atoms with Gasteiger partial charge in [-0.05, 0) is 35.7 Å². The van der Waals surface area contributed by atoms with Crippen molar-refractivity contribution in [2.45, 2.75) is 24.1 Å². The standard InChI is InChI=1S/C16H18ClNO2S/c1-3-13-8-10-15(11-9-13)18(2)21(19,20)16-7-5-4-6-14(16)12-17/h4-11H,3,12H2,1-2H3. The van der Waals surface area contributed by atoms with Crippen LogP contribution in [0, 0.1) is 0 Å². The first kappa shape index (κ1) is 15.9. The minimum atomic E-state index is -3.61. The summed E-state index contributed by atoms with van der Waals surface area (Å²) in [5, 5.41) is 0. The van der Waals surface area contributed by atoms with E-state index in [4.69, 9.17) is 11.6 Å². The van der Waals surface area contributed by atoms with Gasteiger partial charge >= 0.3 is 0 Å². The van der Waals surface area contributed by atoms with E-state index < -0.39 is 10.0 Å². The zero-order valence-corrected chi connectivity index (χ0v) is 13.7. The predicted molar refractivity (Wildman–Crippen MR) is 87.4 cm³/mol. The summed E-state index contributed by atoms with van der Waals surface area (Å²) in [6.07, 6.45) is 0.922. The second kappa shape index (κ2) is 6.50. The number of hydrogen-bond acceptors (Lipinski definition) is 2. The summed E-state index contributed by atoms with van der Waals surface area (Å²) < 4.78 is 26.8. The van der Waals surface area contributed by atoms with Gasteiger partial charge in [0.15, 0.2) is 0 Å². The van der Waals surface area contributed by atoms with Gasteiger partial charge in [-0.25, -0.2) is 8.42 Å². The van der Waals surface area contributed by atoms with Gasteiger partial charge in [0.05, 0.1) is 10.6 Å². The van der Waals surface area contributed by atoms with E-state index in [1.807, 2.05) is 24.3 Å². The fourth-order valence-corrected chi connectivity index (χ4v) is 3.82. The molecule has 0 saturated carbocycles. The number of rotatable bonds is 5. The van der Waals surface area contributed by atoms with Crippen molar-refractivity contribution in [2.75, 3.05) is 11.4 Å². The fourth-order valence-electron chi connectivity index (χ4n) is 2.09. The van der Waals surface area contributed by atoms with Crippen molar-refractivity contribution in [1.29, 1.82) is 0 Å². The Hall–Kier alpha value is -1.52. The number of alkyl halides is 1. The molecule has 0 heterocycles. The molecule has 0 aliphatic heterocycles. The number of benzene rings is 2. The van der Waals surface area contributed by atoms with E-state index in [1.54, 1.807) is 31.3 Å². The van der Waals surface area contributed by atoms with Gasteiger partial charge in [0, 0.05) is 12.9 Å². The summed E-state index contributed by atoms with van der Waals surface area (Å²) >= 11 is 5.85. The third kappa shape index (κ3) is 3.22. The van der Waals surface area contributed by atoms with E-state index in [-0.39, 0.29) is 10.8 Å². The summed E-state index contributed by atoms with van der Waals surface area (Å²) in [5.74, 6) is 0.165. The van der Waals surface area contributed by atoms with Crippen LogP contribution in [0.2, 0.25) is 0 Å². The molecule has 0 N–H and O–H groups in total. The van der Waals surface area contributed by atoms with Crippen LogP contribution in [0.1, 0.15) is 18.1 Å². The molecule has 0 aliphatic rings. The van der Waals surface area contributed by atoms with Crippen LogP contribution in [-0.4, -0.2) is 15.5 Å². The number of anilines is 1. The Balaban J connectivity index is 2.42. The highest BCUT2D eigenvalue weighted by Gasteiger charge is 2.23. The Bertz CT molecular complexity index is 711. The highest BCUT2D eigenvalue weighted by atomic mass is 35.5. The molecule has 0 saturated heterocycles. The maximum Gasteiger partial charge on any atom is 0.264 e. The maximum absolute atomic E-state index is 12.7. The summed E-state index contributed by atoms with van der Waals surface area (Å²) in [6, 6.07) is 14.3. The van der Waals surface area contributed by atoms with Gasteiger partial charge in [-0.1, -0.05) is 37.3 Å². The van der Waals surface area contributed by atoms with Crippen LogP contribution in [0.25, 0.3) is 0 Å². The van der Waals surface area contributed by atoms with Crippen LogP contribution < -0.4 is 4.31 Å². The normalized spacial score (nSPS) is 11.4. The molecule has 112 valence electrons. The number of aryl methyl sites for hydroxylation is 1. The lowest BCUT2D eigenvalue weighted by atomic mass is 10.1. The third-order valence-corrected chi connectivity index (χ3v) is 5.64. The molecule has 0 spiro atoms. The lowest BCUT2D eigenvalue weighted by molar-refractivity contribution is 0.593. The summed E-state index contributed by atoms with van der Waals surface area (Å²) in [6.45, 7) is 2.06. The molecule has 0 amide bonds. The van der Waals surface area contributed by atoms with Crippen molar-refractivity contribution in [3.8, 4) is 0 Å². The predicted octanol–water partition coefficient (Wildman–Crippen LogP) is 3.81. The van der Waals surface area contributed by atoms with Gasteiger partial charge in [0.25, 0.3) is 10.0 Å². The van der Waals surface area contributed by atoms with Crippen molar-refractivity contribution >= 4 is 27.3 Å². The number of halogens is 1. The highest BCUT2D eigenvalue weighted by molar-refractivity contribution is 7.92. The van der Waals surface area contributed by atoms with E-state index in [9.17, 15) is 8.42 Å². The summed E-state index contributed by atoms with van der Waals surface area (Å²) in [5.41, 5.74) is 2.42. The Labute approximate surface area is 131 Å². The quantitative estimate of drug-likeness (QED) is 0.785. The van der Waals surface area contributed by atoms with E-state index in [0.29, 0.717) is 11.3 Å². The Morgan fingerprint density at radius 1 is 1.05 bits per heavy atom. The van der Waals surface area contributed by atoms with Gasteiger partial charge in [0.1, 0.15) is 0 Å². The zero-order chi connectivity index (χ0) is 15.5. The number of nitrogens with zero attached hydrogens (tertiary/aromatic N) is 1. The minimum absolute atomic E-state index is 0.165. The largest absolute Gasteiger partial charge is 0.269 e. The molecule has 5 heteroatoms. The Morgan fingerprint density at radius 2 is 1.67 bits per heavy atom. The molecular weight excluding hydrogens is 306 g/mol. The second-order valence-electron chi connectivity index (χ2n) is 4.73. The molecule has 0 fully saturated rings. The molecular formula is C16H18ClNO2S. The summed E-state index contributed by atoms with van der Waals surface area (Å²) in [7, 11) is -2.05. The van der Waals surface area contributed by atoms with Crippen molar-refractivity contribution in [3.63, 3.8) is 0 Å². The zero-order valence-electron chi connectivity index (χ0n) is 12.1. The van der Waals surface area contributed by atoms with Gasteiger partial charge in [-0.15, -0.1) is 11.6 Å². The third-order valence-electron chi connectivity index (χ3n) is 3.46. The Morgan fingerprint density at radius 3 is 2.24 bits per heavy atom. The number of sulfonamides is 1. The number of hydrogen-bond donors (Lipinski definition) is 0. The smallest absolute Gasteiger partial charge is 0.264 e. The van der Waals surface area contributed by atoms with Crippen LogP contribution in [0.4, 0.5) is 5.69 Å². The topological polar surface area (TPSA) is 37.4 Å². The molecule has 21 heavy (non-hydrogen) atoms. The molecule has 0 bridgehead atoms. The van der Waals surface area contributed by atoms with Crippen molar-refractivity contribution < 1.29 is 8.42 Å². The molecule has 0 atom stereocenters. The molecule has 3 nitrogen and oxygen atoms in total. The minimum Gasteiger partial charge on any atom is -0.269 e. The van der Waals surface area contributed by atoms with Gasteiger partial charge < -0.3 is 0 Å². The Kier molecular flexibility index (Phi) is 4.91. The van der Waals surface area contributed by atoms with Crippen molar-refractivity contribution in [3.05, 3.63) is 59.7 Å². The van der Waals surface area contributed by atoms with Crippen LogP contribution in [0.15, 0.2) is 53.4 Å². The average Bonchev–Trinajstić information content (AvgIpc) is 2.54. The van der Waals surface area contributed by atoms with Crippen LogP contribution in [-0.2, 0) is 22.3 Å². The first-order valence-corrected chi connectivity index (χ1v) is 8.70. The van der Waals surface area contributed by atoms with Crippen LogP contribution in [0.5, 0.6) is 0 Å². The van der Waals surface area contributed by atoms with E-state index in [2.05, 4.69) is 6.92 Å². The second-order valence-corrected chi connectivity index (χ2v) is 6.94. The summed E-state index contributed by atoms with van der Waals surface area (Å²) in [4.78, 5) is 0.252. The van der Waals surface area contributed by atoms with E-state index >= 15 is 0 Å². The van der Waals surface area contributed by atoms with Gasteiger partial charge in [-0.2, -0.15) is 0 Å². The highest BCUT2D eigenvalue weighted by Crippen LogP contribution is 2.25. The molecule has 0 radical (unpaired) electrons. The molecule has 0 unspecified atom stereocenters. The van der Waals surface area contributed by atoms with E-state index in [1.165, 1.54) is 9.87 Å². The van der Waals surface area contributed by atoms with Gasteiger partial charge in [0.2, 0.25) is 0 Å². The lowest BCUT2D eigenvalue weighted by Crippen LogP contribution is -2.27. The first-order chi connectivity index (χ1) is 10.0. The van der Waals surface area contributed by atoms with Gasteiger partial charge in [-0.3, -0.25) is 4.31 Å². The fraction of sp³-hybridized carbons (Fsp3) is 0.250. The van der Waals surface area contributed by atoms with Crippen molar-refractivity contribution in [1.82, 2.24) is 0 Å². The lowest BCUT2D eigenvalue weighted by Gasteiger charge is -2.21. The van der Waals surface area contributed by atoms with Crippen LogP contribution >= 0.6 is 11.6 Å². The molecule has 2 rings (SSSR count). The van der Waals surface area contributed by atoms with Crippen LogP contribution in [0.3, 0.4) is 0 Å². The monoisotopic (exact) mass is 323 g/mol.